The topological polar surface area (TPSA) is 47.2 Å². The Bertz CT molecular complexity index is 593. The van der Waals surface area contributed by atoms with Crippen molar-refractivity contribution < 1.29 is 9.47 Å². The van der Waals surface area contributed by atoms with Gasteiger partial charge in [0, 0.05) is 30.3 Å². The summed E-state index contributed by atoms with van der Waals surface area (Å²) in [4.78, 5) is 0. The van der Waals surface area contributed by atoms with Crippen LogP contribution in [0.2, 0.25) is 5.15 Å². The van der Waals surface area contributed by atoms with E-state index in [0.717, 1.165) is 16.7 Å². The molecule has 1 aromatic heterocycles. The number of benzene rings is 1. The van der Waals surface area contributed by atoms with Crippen molar-refractivity contribution in [2.45, 2.75) is 13.5 Å². The minimum Gasteiger partial charge on any atom is -0.497 e. The summed E-state index contributed by atoms with van der Waals surface area (Å²) in [6, 6.07) is 5.75. The largest absolute Gasteiger partial charge is 0.497 e. The van der Waals surface area contributed by atoms with Gasteiger partial charge >= 0.3 is 0 Å². The lowest BCUT2D eigenvalue weighted by molar-refractivity contribution is 0.140. The van der Waals surface area contributed by atoms with Crippen LogP contribution in [0.15, 0.2) is 18.2 Å². The second-order valence-electron chi connectivity index (χ2n) is 4.08. The predicted molar refractivity (Wildman–Crippen MR) is 77.9 cm³/mol. The summed E-state index contributed by atoms with van der Waals surface area (Å²) < 4.78 is 12.5. The SMILES string of the molecule is CCOCCn1c(Cl)c(C=N)c2cc(OC)ccc21. The minimum absolute atomic E-state index is 0.568. The molecule has 0 atom stereocenters. The monoisotopic (exact) mass is 280 g/mol. The molecule has 1 heterocycles. The van der Waals surface area contributed by atoms with Gasteiger partial charge in [0.05, 0.1) is 19.2 Å². The average molecular weight is 281 g/mol. The van der Waals surface area contributed by atoms with Crippen molar-refractivity contribution >= 4 is 28.7 Å². The van der Waals surface area contributed by atoms with Crippen molar-refractivity contribution in [1.29, 1.82) is 5.41 Å². The Kier molecular flexibility index (Phi) is 4.45. The molecule has 1 N–H and O–H groups in total. The molecule has 0 amide bonds. The molecule has 0 saturated carbocycles. The van der Waals surface area contributed by atoms with Gasteiger partial charge < -0.3 is 19.5 Å². The third-order valence-electron chi connectivity index (χ3n) is 3.05. The first-order chi connectivity index (χ1) is 9.22. The van der Waals surface area contributed by atoms with Crippen LogP contribution in [-0.2, 0) is 11.3 Å². The van der Waals surface area contributed by atoms with Crippen molar-refractivity contribution in [3.63, 3.8) is 0 Å². The van der Waals surface area contributed by atoms with Gasteiger partial charge in [0.1, 0.15) is 10.9 Å². The van der Waals surface area contributed by atoms with E-state index in [1.807, 2.05) is 29.7 Å². The molecule has 0 aliphatic heterocycles. The van der Waals surface area contributed by atoms with Crippen LogP contribution >= 0.6 is 11.6 Å². The molecule has 0 radical (unpaired) electrons. The Morgan fingerprint density at radius 1 is 1.42 bits per heavy atom. The number of nitrogens with one attached hydrogen (secondary N) is 1. The van der Waals surface area contributed by atoms with Crippen LogP contribution in [-0.4, -0.2) is 31.1 Å². The predicted octanol–water partition coefficient (Wildman–Crippen LogP) is 3.34. The molecule has 0 saturated heterocycles. The fourth-order valence-corrected chi connectivity index (χ4v) is 2.44. The molecule has 0 aliphatic rings. The number of hydrogen-bond acceptors (Lipinski definition) is 3. The molecule has 2 aromatic rings. The minimum atomic E-state index is 0.568. The Morgan fingerprint density at radius 3 is 2.84 bits per heavy atom. The molecule has 2 rings (SSSR count). The van der Waals surface area contributed by atoms with Gasteiger partial charge in [-0.25, -0.2) is 0 Å². The normalized spacial score (nSPS) is 10.9. The van der Waals surface area contributed by atoms with Crippen LogP contribution in [0.25, 0.3) is 10.9 Å². The van der Waals surface area contributed by atoms with Gasteiger partial charge in [-0.1, -0.05) is 11.6 Å². The Balaban J connectivity index is 2.51. The van der Waals surface area contributed by atoms with E-state index in [1.165, 1.54) is 6.21 Å². The van der Waals surface area contributed by atoms with Gasteiger partial charge in [-0.3, -0.25) is 0 Å². The molecule has 19 heavy (non-hydrogen) atoms. The number of aromatic nitrogens is 1. The summed E-state index contributed by atoms with van der Waals surface area (Å²) in [6.45, 7) is 3.91. The number of halogens is 1. The summed E-state index contributed by atoms with van der Waals surface area (Å²) in [6.07, 6.45) is 1.28. The second kappa shape index (κ2) is 6.08. The number of methoxy groups -OCH3 is 1. The van der Waals surface area contributed by atoms with Gasteiger partial charge in [-0.2, -0.15) is 0 Å². The highest BCUT2D eigenvalue weighted by Gasteiger charge is 2.14. The molecule has 0 aliphatic carbocycles. The first kappa shape index (κ1) is 13.9. The number of ether oxygens (including phenoxy) is 2. The summed E-state index contributed by atoms with van der Waals surface area (Å²) in [5, 5.41) is 9.02. The van der Waals surface area contributed by atoms with E-state index in [9.17, 15) is 0 Å². The Labute approximate surface area is 117 Å². The van der Waals surface area contributed by atoms with Crippen LogP contribution in [0, 0.1) is 5.41 Å². The van der Waals surface area contributed by atoms with Gasteiger partial charge in [0.25, 0.3) is 0 Å². The zero-order valence-electron chi connectivity index (χ0n) is 11.1. The fourth-order valence-electron chi connectivity index (χ4n) is 2.11. The average Bonchev–Trinajstić information content (AvgIpc) is 2.70. The third-order valence-corrected chi connectivity index (χ3v) is 3.46. The molecule has 4 nitrogen and oxygen atoms in total. The lowest BCUT2D eigenvalue weighted by Gasteiger charge is -2.07. The van der Waals surface area contributed by atoms with E-state index in [2.05, 4.69) is 0 Å². The molecular weight excluding hydrogens is 264 g/mol. The maximum absolute atomic E-state index is 7.53. The first-order valence-corrected chi connectivity index (χ1v) is 6.54. The van der Waals surface area contributed by atoms with E-state index in [0.29, 0.717) is 30.5 Å². The van der Waals surface area contributed by atoms with E-state index in [4.69, 9.17) is 26.5 Å². The van der Waals surface area contributed by atoms with Crippen LogP contribution in [0.5, 0.6) is 5.75 Å². The highest BCUT2D eigenvalue weighted by Crippen LogP contribution is 2.31. The zero-order valence-corrected chi connectivity index (χ0v) is 11.8. The number of fused-ring (bicyclic) bond motifs is 1. The Morgan fingerprint density at radius 2 is 2.21 bits per heavy atom. The molecule has 102 valence electrons. The molecule has 5 heteroatoms. The maximum atomic E-state index is 7.53. The van der Waals surface area contributed by atoms with E-state index >= 15 is 0 Å². The van der Waals surface area contributed by atoms with Crippen molar-refractivity contribution in [2.24, 2.45) is 0 Å². The second-order valence-corrected chi connectivity index (χ2v) is 4.44. The van der Waals surface area contributed by atoms with Gasteiger partial charge in [0.15, 0.2) is 0 Å². The third kappa shape index (κ3) is 2.60. The smallest absolute Gasteiger partial charge is 0.119 e. The van der Waals surface area contributed by atoms with Crippen molar-refractivity contribution in [1.82, 2.24) is 4.57 Å². The van der Waals surface area contributed by atoms with Crippen LogP contribution < -0.4 is 4.74 Å². The summed E-state index contributed by atoms with van der Waals surface area (Å²) in [7, 11) is 1.62. The van der Waals surface area contributed by atoms with Gasteiger partial charge in [-0.05, 0) is 25.1 Å². The number of hydrogen-bond donors (Lipinski definition) is 1. The summed E-state index contributed by atoms with van der Waals surface area (Å²) >= 11 is 6.34. The lowest BCUT2D eigenvalue weighted by Crippen LogP contribution is -2.05. The molecule has 0 spiro atoms. The molecular formula is C14H17ClN2O2. The van der Waals surface area contributed by atoms with Crippen LogP contribution in [0.1, 0.15) is 12.5 Å². The van der Waals surface area contributed by atoms with Crippen molar-refractivity contribution in [2.75, 3.05) is 20.3 Å². The quantitative estimate of drug-likeness (QED) is 0.652. The molecule has 1 aromatic carbocycles. The van der Waals surface area contributed by atoms with Crippen LogP contribution in [0.4, 0.5) is 0 Å². The standard InChI is InChI=1S/C14H17ClN2O2/c1-3-19-7-6-17-13-5-4-10(18-2)8-11(13)12(9-16)14(17)15/h4-5,8-9,16H,3,6-7H2,1-2H3. The zero-order chi connectivity index (χ0) is 13.8. The Hall–Kier alpha value is -1.52. The van der Waals surface area contributed by atoms with Crippen LogP contribution in [0.3, 0.4) is 0 Å². The molecule has 0 fully saturated rings. The summed E-state index contributed by atoms with van der Waals surface area (Å²) in [5.74, 6) is 0.759. The number of rotatable bonds is 6. The first-order valence-electron chi connectivity index (χ1n) is 6.16. The highest BCUT2D eigenvalue weighted by atomic mass is 35.5. The van der Waals surface area contributed by atoms with Crippen molar-refractivity contribution in [3.05, 3.63) is 28.9 Å². The van der Waals surface area contributed by atoms with E-state index < -0.39 is 0 Å². The molecule has 0 bridgehead atoms. The highest BCUT2D eigenvalue weighted by molar-refractivity contribution is 6.34. The van der Waals surface area contributed by atoms with Gasteiger partial charge in [-0.15, -0.1) is 0 Å². The van der Waals surface area contributed by atoms with Gasteiger partial charge in [0.2, 0.25) is 0 Å². The lowest BCUT2D eigenvalue weighted by atomic mass is 10.2. The molecule has 0 unspecified atom stereocenters. The maximum Gasteiger partial charge on any atom is 0.119 e. The summed E-state index contributed by atoms with van der Waals surface area (Å²) in [5.41, 5.74) is 1.70. The fraction of sp³-hybridized carbons (Fsp3) is 0.357. The number of nitrogens with zero attached hydrogens (tertiary/aromatic N) is 1. The van der Waals surface area contributed by atoms with Crippen molar-refractivity contribution in [3.8, 4) is 5.75 Å². The van der Waals surface area contributed by atoms with E-state index in [-0.39, 0.29) is 0 Å². The van der Waals surface area contributed by atoms with E-state index in [1.54, 1.807) is 7.11 Å².